The summed E-state index contributed by atoms with van der Waals surface area (Å²) in [6.07, 6.45) is 1.83. The maximum absolute atomic E-state index is 12.9. The lowest BCUT2D eigenvalue weighted by atomic mass is 10.2. The number of aliphatic imine (C=N–C) groups is 1. The molecule has 2 heterocycles. The van der Waals surface area contributed by atoms with Gasteiger partial charge in [-0.05, 0) is 29.7 Å². The minimum absolute atomic E-state index is 0.181. The number of hydrogen-bond acceptors (Lipinski definition) is 4. The summed E-state index contributed by atoms with van der Waals surface area (Å²) in [5.41, 5.74) is 5.24. The number of carbonyl (C=O) groups is 1. The summed E-state index contributed by atoms with van der Waals surface area (Å²) in [4.78, 5) is 18.5. The van der Waals surface area contributed by atoms with E-state index in [-0.39, 0.29) is 5.91 Å². The third-order valence-corrected chi connectivity index (χ3v) is 4.58. The summed E-state index contributed by atoms with van der Waals surface area (Å²) in [6, 6.07) is 23.2. The van der Waals surface area contributed by atoms with Crippen LogP contribution >= 0.6 is 11.3 Å². The summed E-state index contributed by atoms with van der Waals surface area (Å²) < 4.78 is 0. The van der Waals surface area contributed by atoms with Gasteiger partial charge in [-0.2, -0.15) is 0 Å². The van der Waals surface area contributed by atoms with Gasteiger partial charge in [-0.25, -0.2) is 10.0 Å². The fourth-order valence-electron chi connectivity index (χ4n) is 2.55. The van der Waals surface area contributed by atoms with Crippen molar-refractivity contribution >= 4 is 34.8 Å². The Morgan fingerprint density at radius 1 is 0.920 bits per heavy atom. The van der Waals surface area contributed by atoms with Gasteiger partial charge in [0.1, 0.15) is 5.70 Å². The zero-order chi connectivity index (χ0) is 17.1. The van der Waals surface area contributed by atoms with Gasteiger partial charge < -0.3 is 0 Å². The Morgan fingerprint density at radius 3 is 2.32 bits per heavy atom. The molecule has 0 unspecified atom stereocenters. The average Bonchev–Trinajstić information content (AvgIpc) is 3.18. The number of rotatable bonds is 3. The molecule has 0 saturated heterocycles. The van der Waals surface area contributed by atoms with E-state index in [1.807, 2.05) is 84.3 Å². The van der Waals surface area contributed by atoms with Gasteiger partial charge in [-0.3, -0.25) is 10.2 Å². The molecule has 1 amide bonds. The molecule has 0 spiro atoms. The van der Waals surface area contributed by atoms with Gasteiger partial charge >= 0.3 is 0 Å². The van der Waals surface area contributed by atoms with Crippen molar-refractivity contribution < 1.29 is 4.79 Å². The molecule has 4 nitrogen and oxygen atoms in total. The molecule has 0 fully saturated rings. The number of anilines is 1. The SMILES string of the molecule is O=C1C(=Cc2cccs2)N=C(c2ccccc2)NN1c1ccccc1. The van der Waals surface area contributed by atoms with E-state index in [9.17, 15) is 4.79 Å². The molecule has 3 aromatic rings. The number of carbonyl (C=O) groups excluding carboxylic acids is 1. The summed E-state index contributed by atoms with van der Waals surface area (Å²) in [5, 5.41) is 3.52. The zero-order valence-corrected chi connectivity index (χ0v) is 14.1. The second kappa shape index (κ2) is 6.75. The predicted octanol–water partition coefficient (Wildman–Crippen LogP) is 4.09. The number of nitrogens with zero attached hydrogens (tertiary/aromatic N) is 2. The van der Waals surface area contributed by atoms with Crippen LogP contribution in [0.5, 0.6) is 0 Å². The molecule has 0 bridgehead atoms. The molecule has 1 aliphatic heterocycles. The van der Waals surface area contributed by atoms with Crippen LogP contribution in [0.1, 0.15) is 10.4 Å². The molecule has 0 saturated carbocycles. The number of para-hydroxylation sites is 1. The van der Waals surface area contributed by atoms with Crippen LogP contribution in [0.15, 0.2) is 88.9 Å². The van der Waals surface area contributed by atoms with E-state index < -0.39 is 0 Å². The minimum Gasteiger partial charge on any atom is -0.274 e. The van der Waals surface area contributed by atoms with Gasteiger partial charge in [0.2, 0.25) is 0 Å². The molecule has 5 heteroatoms. The third kappa shape index (κ3) is 3.22. The van der Waals surface area contributed by atoms with E-state index >= 15 is 0 Å². The van der Waals surface area contributed by atoms with Crippen molar-refractivity contribution in [2.45, 2.75) is 0 Å². The lowest BCUT2D eigenvalue weighted by Crippen LogP contribution is -2.50. The number of thiophene rings is 1. The van der Waals surface area contributed by atoms with Crippen LogP contribution in [0, 0.1) is 0 Å². The van der Waals surface area contributed by atoms with Crippen molar-refractivity contribution in [3.05, 3.63) is 94.3 Å². The van der Waals surface area contributed by atoms with Crippen molar-refractivity contribution in [1.29, 1.82) is 0 Å². The van der Waals surface area contributed by atoms with E-state index in [0.29, 0.717) is 11.5 Å². The first-order valence-corrected chi connectivity index (χ1v) is 8.75. The second-order valence-corrected chi connectivity index (χ2v) is 6.44. The van der Waals surface area contributed by atoms with Gasteiger partial charge in [-0.1, -0.05) is 54.6 Å². The zero-order valence-electron chi connectivity index (χ0n) is 13.3. The highest BCUT2D eigenvalue weighted by molar-refractivity contribution is 7.10. The predicted molar refractivity (Wildman–Crippen MR) is 102 cm³/mol. The quantitative estimate of drug-likeness (QED) is 0.727. The first-order chi connectivity index (χ1) is 12.3. The highest BCUT2D eigenvalue weighted by atomic mass is 32.1. The lowest BCUT2D eigenvalue weighted by Gasteiger charge is -2.29. The van der Waals surface area contributed by atoms with Crippen molar-refractivity contribution in [1.82, 2.24) is 5.43 Å². The third-order valence-electron chi connectivity index (χ3n) is 3.76. The number of amides is 1. The molecule has 122 valence electrons. The Bertz CT molecular complexity index is 932. The molecule has 0 aliphatic carbocycles. The lowest BCUT2D eigenvalue weighted by molar-refractivity contribution is -0.115. The maximum atomic E-state index is 12.9. The molecule has 1 N–H and O–H groups in total. The van der Waals surface area contributed by atoms with Crippen molar-refractivity contribution in [3.63, 3.8) is 0 Å². The van der Waals surface area contributed by atoms with Crippen molar-refractivity contribution in [2.75, 3.05) is 5.01 Å². The van der Waals surface area contributed by atoms with Gasteiger partial charge in [0.15, 0.2) is 5.84 Å². The van der Waals surface area contributed by atoms with Gasteiger partial charge in [0.05, 0.1) is 5.69 Å². The van der Waals surface area contributed by atoms with Crippen LogP contribution in [-0.4, -0.2) is 11.7 Å². The van der Waals surface area contributed by atoms with Crippen molar-refractivity contribution in [2.24, 2.45) is 4.99 Å². The molecule has 2 aromatic carbocycles. The van der Waals surface area contributed by atoms with Crippen LogP contribution in [0.25, 0.3) is 6.08 Å². The Hall–Kier alpha value is -3.18. The second-order valence-electron chi connectivity index (χ2n) is 5.46. The smallest absolute Gasteiger partial charge is 0.274 e. The number of amidine groups is 1. The number of hydrogen-bond donors (Lipinski definition) is 1. The molecular weight excluding hydrogens is 330 g/mol. The maximum Gasteiger partial charge on any atom is 0.295 e. The summed E-state index contributed by atoms with van der Waals surface area (Å²) in [6.45, 7) is 0. The van der Waals surface area contributed by atoms with E-state index in [1.54, 1.807) is 11.3 Å². The summed E-state index contributed by atoms with van der Waals surface area (Å²) >= 11 is 1.58. The van der Waals surface area contributed by atoms with Crippen LogP contribution in [0.3, 0.4) is 0 Å². The van der Waals surface area contributed by atoms with E-state index in [1.165, 1.54) is 5.01 Å². The molecule has 0 radical (unpaired) electrons. The standard InChI is InChI=1S/C20H15N3OS/c24-20-18(14-17-12-7-13-25-17)21-19(15-8-3-1-4-9-15)22-23(20)16-10-5-2-6-11-16/h1-14H,(H,21,22). The molecular formula is C20H15N3OS. The van der Waals surface area contributed by atoms with Crippen molar-refractivity contribution in [3.8, 4) is 0 Å². The van der Waals surface area contributed by atoms with E-state index in [4.69, 9.17) is 0 Å². The van der Waals surface area contributed by atoms with E-state index in [0.717, 1.165) is 16.1 Å². The molecule has 4 rings (SSSR count). The molecule has 1 aliphatic rings. The van der Waals surface area contributed by atoms with E-state index in [2.05, 4.69) is 10.4 Å². The van der Waals surface area contributed by atoms with Crippen LogP contribution in [0.4, 0.5) is 5.69 Å². The van der Waals surface area contributed by atoms with Gasteiger partial charge in [0, 0.05) is 10.4 Å². The number of nitrogens with one attached hydrogen (secondary N) is 1. The Balaban J connectivity index is 1.80. The largest absolute Gasteiger partial charge is 0.295 e. The molecule has 1 aromatic heterocycles. The molecule has 0 atom stereocenters. The normalized spacial score (nSPS) is 15.8. The fraction of sp³-hybridized carbons (Fsp3) is 0. The molecule has 25 heavy (non-hydrogen) atoms. The summed E-state index contributed by atoms with van der Waals surface area (Å²) in [7, 11) is 0. The highest BCUT2D eigenvalue weighted by Gasteiger charge is 2.27. The topological polar surface area (TPSA) is 44.7 Å². The fourth-order valence-corrected chi connectivity index (χ4v) is 3.20. The van der Waals surface area contributed by atoms with Gasteiger partial charge in [-0.15, -0.1) is 11.3 Å². The number of hydrazine groups is 1. The van der Waals surface area contributed by atoms with Crippen LogP contribution in [-0.2, 0) is 4.79 Å². The first-order valence-electron chi connectivity index (χ1n) is 7.87. The van der Waals surface area contributed by atoms with Gasteiger partial charge in [0.25, 0.3) is 5.91 Å². The Labute approximate surface area is 149 Å². The number of benzene rings is 2. The average molecular weight is 345 g/mol. The highest BCUT2D eigenvalue weighted by Crippen LogP contribution is 2.22. The van der Waals surface area contributed by atoms with Crippen LogP contribution in [0.2, 0.25) is 0 Å². The Kier molecular flexibility index (Phi) is 4.14. The summed E-state index contributed by atoms with van der Waals surface area (Å²) in [5.74, 6) is 0.464. The Morgan fingerprint density at radius 2 is 1.64 bits per heavy atom. The monoisotopic (exact) mass is 345 g/mol. The minimum atomic E-state index is -0.181. The first kappa shape index (κ1) is 15.4. The van der Waals surface area contributed by atoms with Crippen LogP contribution < -0.4 is 10.4 Å².